The number of rotatable bonds is 1. The number of fused-ring (bicyclic) bond motifs is 1. The maximum atomic E-state index is 11.6. The predicted octanol–water partition coefficient (Wildman–Crippen LogP) is 1.41. The fourth-order valence-corrected chi connectivity index (χ4v) is 2.08. The van der Waals surface area contributed by atoms with Crippen LogP contribution in [0.2, 0.25) is 0 Å². The minimum absolute atomic E-state index is 0.0553. The molecule has 0 spiro atoms. The third-order valence-electron chi connectivity index (χ3n) is 2.01. The molecule has 74 valence electrons. The van der Waals surface area contributed by atoms with E-state index >= 15 is 0 Å². The molecule has 0 aliphatic heterocycles. The summed E-state index contributed by atoms with van der Waals surface area (Å²) in [7, 11) is 3.45. The van der Waals surface area contributed by atoms with Crippen molar-refractivity contribution in [2.45, 2.75) is 6.92 Å². The lowest BCUT2D eigenvalue weighted by Gasteiger charge is -2.06. The Hall–Kier alpha value is -1.36. The average Bonchev–Trinajstić information content (AvgIpc) is 2.67. The lowest BCUT2D eigenvalue weighted by atomic mass is 10.4. The highest BCUT2D eigenvalue weighted by atomic mass is 32.1. The van der Waals surface area contributed by atoms with Crippen LogP contribution in [0.1, 0.15) is 16.2 Å². The quantitative estimate of drug-likeness (QED) is 0.712. The number of hydrogen-bond acceptors (Lipinski definition) is 3. The number of imidazole rings is 1. The first kappa shape index (κ1) is 9.21. The van der Waals surface area contributed by atoms with Crippen molar-refractivity contribution in [3.63, 3.8) is 0 Å². The van der Waals surface area contributed by atoms with Crippen molar-refractivity contribution < 1.29 is 4.79 Å². The summed E-state index contributed by atoms with van der Waals surface area (Å²) in [4.78, 5) is 18.2. The highest BCUT2D eigenvalue weighted by Crippen LogP contribution is 2.16. The molecular weight excluding hydrogens is 198 g/mol. The molecule has 0 radical (unpaired) electrons. The molecule has 0 saturated heterocycles. The summed E-state index contributed by atoms with van der Waals surface area (Å²) in [6.45, 7) is 2.00. The fourth-order valence-electron chi connectivity index (χ4n) is 1.23. The van der Waals surface area contributed by atoms with E-state index in [4.69, 9.17) is 0 Å². The van der Waals surface area contributed by atoms with Crippen molar-refractivity contribution >= 4 is 22.2 Å². The summed E-state index contributed by atoms with van der Waals surface area (Å²) in [5, 5.41) is 2.02. The van der Waals surface area contributed by atoms with Gasteiger partial charge in [-0.15, -0.1) is 11.3 Å². The van der Waals surface area contributed by atoms with Gasteiger partial charge in [-0.05, 0) is 6.92 Å². The molecular formula is C9H11N3OS. The van der Waals surface area contributed by atoms with Gasteiger partial charge in [-0.25, -0.2) is 4.98 Å². The lowest BCUT2D eigenvalue weighted by molar-refractivity contribution is 0.0822. The van der Waals surface area contributed by atoms with E-state index in [0.717, 1.165) is 10.7 Å². The van der Waals surface area contributed by atoms with Crippen molar-refractivity contribution in [2.75, 3.05) is 14.1 Å². The highest BCUT2D eigenvalue weighted by molar-refractivity contribution is 7.15. The molecule has 0 unspecified atom stereocenters. The second-order valence-corrected chi connectivity index (χ2v) is 4.19. The average molecular weight is 209 g/mol. The smallest absolute Gasteiger partial charge is 0.273 e. The van der Waals surface area contributed by atoms with Crippen LogP contribution in [0.15, 0.2) is 11.6 Å². The second kappa shape index (κ2) is 3.09. The summed E-state index contributed by atoms with van der Waals surface area (Å²) in [6, 6.07) is 0. The number of hydrogen-bond donors (Lipinski definition) is 0. The summed E-state index contributed by atoms with van der Waals surface area (Å²) >= 11 is 1.55. The first-order valence-electron chi connectivity index (χ1n) is 4.24. The van der Waals surface area contributed by atoms with Gasteiger partial charge in [0, 0.05) is 31.4 Å². The molecule has 2 heterocycles. The maximum Gasteiger partial charge on any atom is 0.273 e. The van der Waals surface area contributed by atoms with E-state index < -0.39 is 0 Å². The molecule has 0 saturated carbocycles. The first-order chi connectivity index (χ1) is 6.59. The van der Waals surface area contributed by atoms with Crippen molar-refractivity contribution in [2.24, 2.45) is 0 Å². The SMILES string of the molecule is Cc1csc2nc(C(=O)N(C)C)cn12. The van der Waals surface area contributed by atoms with Crippen LogP contribution in [0, 0.1) is 6.92 Å². The van der Waals surface area contributed by atoms with E-state index in [2.05, 4.69) is 4.98 Å². The molecule has 0 bridgehead atoms. The Morgan fingerprint density at radius 1 is 1.57 bits per heavy atom. The lowest BCUT2D eigenvalue weighted by Crippen LogP contribution is -2.21. The Kier molecular flexibility index (Phi) is 2.03. The molecule has 2 aromatic heterocycles. The standard InChI is InChI=1S/C9H11N3OS/c1-6-5-14-9-10-7(4-12(6)9)8(13)11(2)3/h4-5H,1-3H3. The number of nitrogens with zero attached hydrogens (tertiary/aromatic N) is 3. The molecule has 0 N–H and O–H groups in total. The van der Waals surface area contributed by atoms with E-state index in [-0.39, 0.29) is 5.91 Å². The molecule has 4 nitrogen and oxygen atoms in total. The van der Waals surface area contributed by atoms with Crippen LogP contribution in [-0.4, -0.2) is 34.3 Å². The van der Waals surface area contributed by atoms with Crippen LogP contribution in [0.5, 0.6) is 0 Å². The normalized spacial score (nSPS) is 10.8. The summed E-state index contributed by atoms with van der Waals surface area (Å²) in [6.07, 6.45) is 1.78. The van der Waals surface area contributed by atoms with E-state index in [0.29, 0.717) is 5.69 Å². The first-order valence-corrected chi connectivity index (χ1v) is 5.12. The topological polar surface area (TPSA) is 37.6 Å². The second-order valence-electron chi connectivity index (χ2n) is 3.36. The molecule has 0 aromatic carbocycles. The molecule has 0 aliphatic rings. The van der Waals surface area contributed by atoms with Crippen LogP contribution in [0.25, 0.3) is 4.96 Å². The van der Waals surface area contributed by atoms with Crippen LogP contribution < -0.4 is 0 Å². The number of carbonyl (C=O) groups is 1. The van der Waals surface area contributed by atoms with Crippen molar-refractivity contribution in [1.29, 1.82) is 0 Å². The largest absolute Gasteiger partial charge is 0.343 e. The molecule has 0 fully saturated rings. The Morgan fingerprint density at radius 3 is 2.86 bits per heavy atom. The van der Waals surface area contributed by atoms with Crippen molar-refractivity contribution in [3.05, 3.63) is 23.0 Å². The minimum Gasteiger partial charge on any atom is -0.343 e. The van der Waals surface area contributed by atoms with E-state index in [1.54, 1.807) is 31.6 Å². The predicted molar refractivity (Wildman–Crippen MR) is 55.8 cm³/mol. The summed E-state index contributed by atoms with van der Waals surface area (Å²) in [5.41, 5.74) is 1.61. The summed E-state index contributed by atoms with van der Waals surface area (Å²) in [5.74, 6) is -0.0553. The third-order valence-corrected chi connectivity index (χ3v) is 2.97. The highest BCUT2D eigenvalue weighted by Gasteiger charge is 2.13. The Bertz CT molecular complexity index is 483. The van der Waals surface area contributed by atoms with Gasteiger partial charge in [0.2, 0.25) is 0 Å². The maximum absolute atomic E-state index is 11.6. The van der Waals surface area contributed by atoms with E-state index in [1.807, 2.05) is 16.7 Å². The number of aryl methyl sites for hydroxylation is 1. The zero-order chi connectivity index (χ0) is 10.3. The van der Waals surface area contributed by atoms with Gasteiger partial charge < -0.3 is 4.90 Å². The van der Waals surface area contributed by atoms with Gasteiger partial charge in [0.25, 0.3) is 5.91 Å². The number of carbonyl (C=O) groups excluding carboxylic acids is 1. The van der Waals surface area contributed by atoms with Crippen LogP contribution in [0.4, 0.5) is 0 Å². The zero-order valence-electron chi connectivity index (χ0n) is 8.31. The molecule has 1 amide bonds. The Balaban J connectivity index is 2.50. The van der Waals surface area contributed by atoms with Gasteiger partial charge in [-0.2, -0.15) is 0 Å². The van der Waals surface area contributed by atoms with E-state index in [1.165, 1.54) is 4.90 Å². The minimum atomic E-state index is -0.0553. The van der Waals surface area contributed by atoms with Gasteiger partial charge >= 0.3 is 0 Å². The molecule has 2 rings (SSSR count). The van der Waals surface area contributed by atoms with Crippen LogP contribution >= 0.6 is 11.3 Å². The van der Waals surface area contributed by atoms with Crippen LogP contribution in [-0.2, 0) is 0 Å². The molecule has 14 heavy (non-hydrogen) atoms. The van der Waals surface area contributed by atoms with Gasteiger partial charge in [0.1, 0.15) is 5.69 Å². The van der Waals surface area contributed by atoms with Gasteiger partial charge in [-0.3, -0.25) is 9.20 Å². The Morgan fingerprint density at radius 2 is 2.29 bits per heavy atom. The zero-order valence-corrected chi connectivity index (χ0v) is 9.13. The molecule has 2 aromatic rings. The van der Waals surface area contributed by atoms with E-state index in [9.17, 15) is 4.79 Å². The number of aromatic nitrogens is 2. The molecule has 0 aliphatic carbocycles. The van der Waals surface area contributed by atoms with Gasteiger partial charge in [-0.1, -0.05) is 0 Å². The summed E-state index contributed by atoms with van der Waals surface area (Å²) < 4.78 is 1.93. The Labute approximate surface area is 85.8 Å². The van der Waals surface area contributed by atoms with Crippen molar-refractivity contribution in [3.8, 4) is 0 Å². The third kappa shape index (κ3) is 1.29. The number of amides is 1. The molecule has 0 atom stereocenters. The molecule has 5 heteroatoms. The fraction of sp³-hybridized carbons (Fsp3) is 0.333. The van der Waals surface area contributed by atoms with Gasteiger partial charge in [0.15, 0.2) is 4.96 Å². The number of thiazole rings is 1. The van der Waals surface area contributed by atoms with Crippen LogP contribution in [0.3, 0.4) is 0 Å². The van der Waals surface area contributed by atoms with Crippen molar-refractivity contribution in [1.82, 2.24) is 14.3 Å². The monoisotopic (exact) mass is 209 g/mol. The van der Waals surface area contributed by atoms with Gasteiger partial charge in [0.05, 0.1) is 0 Å².